The fraction of sp³-hybridized carbons (Fsp3) is 0.556. The second kappa shape index (κ2) is 15.2. The fourth-order valence-electron chi connectivity index (χ4n) is 4.44. The molecular weight excluding hydrogens is 537 g/mol. The van der Waals surface area contributed by atoms with Crippen LogP contribution in [0.2, 0.25) is 13.3 Å². The zero-order valence-electron chi connectivity index (χ0n) is 20.8. The van der Waals surface area contributed by atoms with Gasteiger partial charge in [-0.3, -0.25) is 0 Å². The number of sulfonamides is 1. The van der Waals surface area contributed by atoms with Gasteiger partial charge in [-0.1, -0.05) is 18.2 Å². The Morgan fingerprint density at radius 2 is 1.33 bits per heavy atom. The van der Waals surface area contributed by atoms with Crippen molar-refractivity contribution in [1.29, 1.82) is 0 Å². The van der Waals surface area contributed by atoms with Crippen LogP contribution in [0.5, 0.6) is 0 Å². The first kappa shape index (κ1) is 28.3. The summed E-state index contributed by atoms with van der Waals surface area (Å²) >= 11 is -2.53. The molecule has 6 heteroatoms. The molecule has 0 heterocycles. The van der Waals surface area contributed by atoms with Crippen molar-refractivity contribution in [3.63, 3.8) is 0 Å². The quantitative estimate of drug-likeness (QED) is 0.178. The molecule has 2 aromatic carbocycles. The van der Waals surface area contributed by atoms with Crippen molar-refractivity contribution in [1.82, 2.24) is 4.72 Å². The molecule has 0 bridgehead atoms. The second-order valence-corrected chi connectivity index (χ2v) is 24.1. The summed E-state index contributed by atoms with van der Waals surface area (Å²) < 4.78 is 39.5. The third kappa shape index (κ3) is 9.35. The average molecular weight is 580 g/mol. The van der Waals surface area contributed by atoms with E-state index < -0.39 is 28.4 Å². The Bertz CT molecular complexity index is 864. The monoisotopic (exact) mass is 581 g/mol. The van der Waals surface area contributed by atoms with Crippen LogP contribution < -0.4 is 8.30 Å². The molecule has 0 aromatic heterocycles. The zero-order valence-corrected chi connectivity index (χ0v) is 24.5. The summed E-state index contributed by atoms with van der Waals surface area (Å²) in [6.07, 6.45) is 7.61. The minimum atomic E-state index is -3.53. The number of hydrogen-bond acceptors (Lipinski definition) is 3. The molecule has 0 amide bonds. The zero-order chi connectivity index (χ0) is 24.0. The van der Waals surface area contributed by atoms with Gasteiger partial charge in [0, 0.05) is 0 Å². The molecule has 0 aliphatic heterocycles. The van der Waals surface area contributed by atoms with E-state index in [9.17, 15) is 8.42 Å². The molecule has 4 nitrogen and oxygen atoms in total. The van der Waals surface area contributed by atoms with Crippen molar-refractivity contribution in [2.24, 2.45) is 0 Å². The third-order valence-electron chi connectivity index (χ3n) is 6.45. The van der Waals surface area contributed by atoms with E-state index in [0.717, 1.165) is 5.56 Å². The van der Waals surface area contributed by atoms with Gasteiger partial charge in [0.1, 0.15) is 0 Å². The van der Waals surface area contributed by atoms with Gasteiger partial charge in [0.15, 0.2) is 0 Å². The van der Waals surface area contributed by atoms with Gasteiger partial charge in [0.2, 0.25) is 0 Å². The van der Waals surface area contributed by atoms with Gasteiger partial charge in [0.25, 0.3) is 0 Å². The molecule has 184 valence electrons. The fourth-order valence-corrected chi connectivity index (χ4v) is 21.4. The first-order chi connectivity index (χ1) is 16.0. The van der Waals surface area contributed by atoms with E-state index in [4.69, 9.17) is 4.74 Å². The molecular formula is C27H43NO3SSn. The maximum absolute atomic E-state index is 12.8. The summed E-state index contributed by atoms with van der Waals surface area (Å²) in [5, 5.41) is 0. The van der Waals surface area contributed by atoms with E-state index in [1.54, 1.807) is 0 Å². The van der Waals surface area contributed by atoms with E-state index in [0.29, 0.717) is 18.1 Å². The Morgan fingerprint density at radius 3 is 1.85 bits per heavy atom. The molecule has 0 spiro atoms. The molecule has 0 atom stereocenters. The summed E-state index contributed by atoms with van der Waals surface area (Å²) in [7, 11) is -3.53. The van der Waals surface area contributed by atoms with Gasteiger partial charge in [-0.05, 0) is 0 Å². The molecule has 0 radical (unpaired) electrons. The SMILES string of the molecule is CCC[CH2][Sn]([CH2]CCC)([CH2]CCC)[c]1ccc(S(=O)(=O)NCCOCc2ccccc2)cc1. The topological polar surface area (TPSA) is 55.4 Å². The van der Waals surface area contributed by atoms with Crippen LogP contribution in [0.4, 0.5) is 0 Å². The van der Waals surface area contributed by atoms with Crippen molar-refractivity contribution in [3.05, 3.63) is 60.2 Å². The second-order valence-electron chi connectivity index (χ2n) is 9.05. The van der Waals surface area contributed by atoms with Crippen molar-refractivity contribution in [3.8, 4) is 0 Å². The summed E-state index contributed by atoms with van der Waals surface area (Å²) in [6.45, 7) is 7.93. The van der Waals surface area contributed by atoms with E-state index in [-0.39, 0.29) is 6.54 Å². The Balaban J connectivity index is 2.02. The van der Waals surface area contributed by atoms with E-state index in [2.05, 4.69) is 37.6 Å². The number of ether oxygens (including phenoxy) is 1. The molecule has 0 aliphatic rings. The first-order valence-corrected chi connectivity index (χ1v) is 21.7. The van der Waals surface area contributed by atoms with Crippen molar-refractivity contribution < 1.29 is 13.2 Å². The number of hydrogen-bond donors (Lipinski definition) is 1. The van der Waals surface area contributed by atoms with Crippen LogP contribution in [0.3, 0.4) is 0 Å². The molecule has 0 aliphatic carbocycles. The molecule has 0 saturated carbocycles. The molecule has 2 rings (SSSR count). The Kier molecular flexibility index (Phi) is 13.0. The van der Waals surface area contributed by atoms with Crippen molar-refractivity contribution in [2.75, 3.05) is 13.2 Å². The van der Waals surface area contributed by atoms with Crippen LogP contribution in [0.1, 0.15) is 64.9 Å². The molecule has 33 heavy (non-hydrogen) atoms. The van der Waals surface area contributed by atoms with Crippen molar-refractivity contribution in [2.45, 2.75) is 84.1 Å². The number of rotatable bonds is 17. The number of benzene rings is 2. The van der Waals surface area contributed by atoms with E-state index in [1.807, 2.05) is 42.5 Å². The van der Waals surface area contributed by atoms with Crippen LogP contribution in [0.25, 0.3) is 0 Å². The third-order valence-corrected chi connectivity index (χ3v) is 23.6. The number of nitrogens with one attached hydrogen (secondary N) is 1. The summed E-state index contributed by atoms with van der Waals surface area (Å²) in [6, 6.07) is 17.9. The molecule has 1 N–H and O–H groups in total. The van der Waals surface area contributed by atoms with Gasteiger partial charge < -0.3 is 0 Å². The average Bonchev–Trinajstić information content (AvgIpc) is 2.84. The van der Waals surface area contributed by atoms with Gasteiger partial charge in [-0.15, -0.1) is 0 Å². The maximum atomic E-state index is 12.8. The van der Waals surface area contributed by atoms with Crippen LogP contribution >= 0.6 is 0 Å². The van der Waals surface area contributed by atoms with Gasteiger partial charge in [-0.2, -0.15) is 0 Å². The van der Waals surface area contributed by atoms with Gasteiger partial charge >= 0.3 is 189 Å². The Morgan fingerprint density at radius 1 is 0.788 bits per heavy atom. The van der Waals surface area contributed by atoms with Crippen LogP contribution in [0, 0.1) is 0 Å². The molecule has 0 unspecified atom stereocenters. The molecule has 0 saturated heterocycles. The Labute approximate surface area is 206 Å². The predicted molar refractivity (Wildman–Crippen MR) is 142 cm³/mol. The Hall–Kier alpha value is -0.891. The van der Waals surface area contributed by atoms with Crippen molar-refractivity contribution >= 4 is 32.0 Å². The summed E-state index contributed by atoms with van der Waals surface area (Å²) in [5.41, 5.74) is 1.08. The van der Waals surface area contributed by atoms with Crippen LogP contribution in [0.15, 0.2) is 59.5 Å². The van der Waals surface area contributed by atoms with Gasteiger partial charge in [-0.25, -0.2) is 0 Å². The first-order valence-electron chi connectivity index (χ1n) is 12.7. The summed E-state index contributed by atoms with van der Waals surface area (Å²) in [4.78, 5) is 0.357. The normalized spacial score (nSPS) is 12.2. The number of unbranched alkanes of at least 4 members (excludes halogenated alkanes) is 3. The van der Waals surface area contributed by atoms with Crippen LogP contribution in [-0.2, 0) is 21.4 Å². The standard InChI is InChI=1S/C15H16NO3S.3C4H9.Sn/c17-20(18,15-9-5-2-6-10-15)16-11-12-19-13-14-7-3-1-4-8-14;3*1-3-4-2;/h1,3-10,16H,11-13H2;3*1,3-4H2,2H3;. The van der Waals surface area contributed by atoms with Crippen LogP contribution in [-0.4, -0.2) is 39.9 Å². The molecule has 0 fully saturated rings. The van der Waals surface area contributed by atoms with E-state index in [1.165, 1.54) is 55.4 Å². The van der Waals surface area contributed by atoms with Gasteiger partial charge in [0.05, 0.1) is 0 Å². The molecule has 2 aromatic rings. The minimum absolute atomic E-state index is 0.267. The summed E-state index contributed by atoms with van der Waals surface area (Å²) in [5.74, 6) is 0. The predicted octanol–water partition coefficient (Wildman–Crippen LogP) is 6.24. The van der Waals surface area contributed by atoms with E-state index >= 15 is 0 Å².